The van der Waals surface area contributed by atoms with Gasteiger partial charge in [0.05, 0.1) is 10.8 Å². The van der Waals surface area contributed by atoms with E-state index in [0.29, 0.717) is 10.8 Å². The first-order valence-corrected chi connectivity index (χ1v) is 5.01. The van der Waals surface area contributed by atoms with Crippen LogP contribution < -0.4 is 0 Å². The molecule has 1 atom stereocenters. The molecule has 62 valence electrons. The molecule has 2 aromatic rings. The van der Waals surface area contributed by atoms with Gasteiger partial charge in [-0.25, -0.2) is 4.98 Å². The Morgan fingerprint density at radius 3 is 3.08 bits per heavy atom. The summed E-state index contributed by atoms with van der Waals surface area (Å²) >= 11 is 0. The molecule has 1 unspecified atom stereocenters. The highest BCUT2D eigenvalue weighted by Gasteiger charge is 2.05. The van der Waals surface area contributed by atoms with Gasteiger partial charge in [0, 0.05) is 23.9 Å². The second-order valence-electron chi connectivity index (χ2n) is 2.42. The third-order valence-corrected chi connectivity index (χ3v) is 2.32. The Labute approximate surface area is 71.9 Å². The first-order valence-electron chi connectivity index (χ1n) is 3.45. The molecule has 2 rings (SSSR count). The zero-order valence-corrected chi connectivity index (χ0v) is 7.30. The predicted octanol–water partition coefficient (Wildman–Crippen LogP) is 1.57. The molecule has 0 saturated heterocycles. The molecule has 2 heterocycles. The minimum absolute atomic E-state index is 0.476. The number of hydrogen-bond donors (Lipinski definition) is 0. The van der Waals surface area contributed by atoms with Crippen molar-refractivity contribution in [3.05, 3.63) is 24.4 Å². The maximum atomic E-state index is 11.0. The summed E-state index contributed by atoms with van der Waals surface area (Å²) in [5.74, 6) is 0. The zero-order valence-electron chi connectivity index (χ0n) is 6.48. The van der Waals surface area contributed by atoms with Crippen LogP contribution in [0.1, 0.15) is 0 Å². The van der Waals surface area contributed by atoms with Crippen molar-refractivity contribution in [3.8, 4) is 0 Å². The molecular weight excluding hydrogens is 174 g/mol. The lowest BCUT2D eigenvalue weighted by atomic mass is 10.3. The largest absolute Gasteiger partial charge is 0.429 e. The van der Waals surface area contributed by atoms with Crippen molar-refractivity contribution in [2.24, 2.45) is 0 Å². The second kappa shape index (κ2) is 2.71. The minimum Gasteiger partial charge on any atom is -0.429 e. The number of fused-ring (bicyclic) bond motifs is 1. The molecule has 2 aromatic heterocycles. The van der Waals surface area contributed by atoms with E-state index in [1.54, 1.807) is 18.5 Å². The first-order chi connectivity index (χ1) is 5.77. The van der Waals surface area contributed by atoms with Crippen LogP contribution in [0.2, 0.25) is 0 Å². The molecule has 12 heavy (non-hydrogen) atoms. The molecule has 0 N–H and O–H groups in total. The summed E-state index contributed by atoms with van der Waals surface area (Å²) in [4.78, 5) is 3.98. The smallest absolute Gasteiger partial charge is 0.227 e. The monoisotopic (exact) mass is 181 g/mol. The Morgan fingerprint density at radius 2 is 2.42 bits per heavy atom. The van der Waals surface area contributed by atoms with Gasteiger partial charge in [0.25, 0.3) is 0 Å². The van der Waals surface area contributed by atoms with E-state index < -0.39 is 10.8 Å². The van der Waals surface area contributed by atoms with Crippen molar-refractivity contribution in [1.29, 1.82) is 0 Å². The van der Waals surface area contributed by atoms with Crippen LogP contribution in [0, 0.1) is 0 Å². The SMILES string of the molecule is CS(=O)c1cc2cccnc2o1. The van der Waals surface area contributed by atoms with Gasteiger partial charge in [0.2, 0.25) is 5.71 Å². The number of furan rings is 1. The summed E-state index contributed by atoms with van der Waals surface area (Å²) in [7, 11) is -1.07. The molecule has 0 amide bonds. The lowest BCUT2D eigenvalue weighted by Crippen LogP contribution is -1.80. The fourth-order valence-electron chi connectivity index (χ4n) is 0.992. The van der Waals surface area contributed by atoms with Gasteiger partial charge in [0.1, 0.15) is 0 Å². The maximum Gasteiger partial charge on any atom is 0.227 e. The van der Waals surface area contributed by atoms with Crippen molar-refractivity contribution >= 4 is 21.9 Å². The van der Waals surface area contributed by atoms with Crippen molar-refractivity contribution in [2.75, 3.05) is 6.26 Å². The summed E-state index contributed by atoms with van der Waals surface area (Å²) in [5, 5.41) is 1.37. The van der Waals surface area contributed by atoms with Gasteiger partial charge in [-0.05, 0) is 12.1 Å². The molecule has 0 aliphatic carbocycles. The normalized spacial score (nSPS) is 13.4. The maximum absolute atomic E-state index is 11.0. The molecule has 0 radical (unpaired) electrons. The van der Waals surface area contributed by atoms with Gasteiger partial charge in [-0.1, -0.05) is 0 Å². The van der Waals surface area contributed by atoms with Crippen LogP contribution in [0.15, 0.2) is 33.9 Å². The highest BCUT2D eigenvalue weighted by molar-refractivity contribution is 7.84. The van der Waals surface area contributed by atoms with Gasteiger partial charge in [-0.3, -0.25) is 4.21 Å². The molecule has 0 spiro atoms. The Bertz CT molecular complexity index is 402. The molecule has 3 nitrogen and oxygen atoms in total. The van der Waals surface area contributed by atoms with Gasteiger partial charge >= 0.3 is 0 Å². The Kier molecular flexibility index (Phi) is 1.69. The van der Waals surface area contributed by atoms with Crippen LogP contribution >= 0.6 is 0 Å². The molecule has 0 aromatic carbocycles. The Hall–Kier alpha value is -1.16. The van der Waals surface area contributed by atoms with Crippen LogP contribution in [0.3, 0.4) is 0 Å². The van der Waals surface area contributed by atoms with Gasteiger partial charge in [0.15, 0.2) is 5.09 Å². The average molecular weight is 181 g/mol. The van der Waals surface area contributed by atoms with E-state index in [4.69, 9.17) is 4.42 Å². The molecule has 0 fully saturated rings. The van der Waals surface area contributed by atoms with E-state index in [1.807, 2.05) is 12.1 Å². The highest BCUT2D eigenvalue weighted by atomic mass is 32.2. The van der Waals surface area contributed by atoms with Crippen molar-refractivity contribution < 1.29 is 8.63 Å². The van der Waals surface area contributed by atoms with E-state index >= 15 is 0 Å². The van der Waals surface area contributed by atoms with E-state index in [2.05, 4.69) is 4.98 Å². The number of rotatable bonds is 1. The Balaban J connectivity index is 2.70. The fraction of sp³-hybridized carbons (Fsp3) is 0.125. The summed E-state index contributed by atoms with van der Waals surface area (Å²) in [6, 6.07) is 5.45. The summed E-state index contributed by atoms with van der Waals surface area (Å²) in [5.41, 5.74) is 0.544. The molecular formula is C8H7NO2S. The number of aromatic nitrogens is 1. The number of hydrogen-bond acceptors (Lipinski definition) is 3. The Morgan fingerprint density at radius 1 is 1.58 bits per heavy atom. The zero-order chi connectivity index (χ0) is 8.55. The van der Waals surface area contributed by atoms with Crippen LogP contribution in [0.5, 0.6) is 0 Å². The van der Waals surface area contributed by atoms with Gasteiger partial charge < -0.3 is 4.42 Å². The molecule has 0 bridgehead atoms. The van der Waals surface area contributed by atoms with E-state index in [0.717, 1.165) is 5.39 Å². The van der Waals surface area contributed by atoms with E-state index in [9.17, 15) is 4.21 Å². The first kappa shape index (κ1) is 7.49. The summed E-state index contributed by atoms with van der Waals surface area (Å²) in [6.45, 7) is 0. The van der Waals surface area contributed by atoms with E-state index in [-0.39, 0.29) is 0 Å². The lowest BCUT2D eigenvalue weighted by Gasteiger charge is -1.83. The van der Waals surface area contributed by atoms with Gasteiger partial charge in [-0.2, -0.15) is 0 Å². The minimum atomic E-state index is -1.07. The third kappa shape index (κ3) is 1.14. The second-order valence-corrected chi connectivity index (χ2v) is 3.73. The molecule has 0 aliphatic rings. The standard InChI is InChI=1S/C8H7NO2S/c1-12(10)7-5-6-3-2-4-9-8(6)11-7/h2-5H,1H3. The van der Waals surface area contributed by atoms with E-state index in [1.165, 1.54) is 0 Å². The summed E-state index contributed by atoms with van der Waals surface area (Å²) in [6.07, 6.45) is 3.23. The molecule has 0 saturated carbocycles. The predicted molar refractivity (Wildman–Crippen MR) is 46.3 cm³/mol. The average Bonchev–Trinajstić information content (AvgIpc) is 2.46. The van der Waals surface area contributed by atoms with Crippen molar-refractivity contribution in [1.82, 2.24) is 4.98 Å². The molecule has 0 aliphatic heterocycles. The van der Waals surface area contributed by atoms with Crippen LogP contribution in [0.25, 0.3) is 11.1 Å². The lowest BCUT2D eigenvalue weighted by molar-refractivity contribution is 0.496. The third-order valence-electron chi connectivity index (χ3n) is 1.55. The quantitative estimate of drug-likeness (QED) is 0.670. The van der Waals surface area contributed by atoms with Gasteiger partial charge in [-0.15, -0.1) is 0 Å². The van der Waals surface area contributed by atoms with Crippen molar-refractivity contribution in [2.45, 2.75) is 5.09 Å². The topological polar surface area (TPSA) is 43.1 Å². The summed E-state index contributed by atoms with van der Waals surface area (Å²) < 4.78 is 16.2. The fourth-order valence-corrected chi connectivity index (χ4v) is 1.48. The van der Waals surface area contributed by atoms with Crippen LogP contribution in [-0.4, -0.2) is 15.4 Å². The van der Waals surface area contributed by atoms with Crippen molar-refractivity contribution in [3.63, 3.8) is 0 Å². The van der Waals surface area contributed by atoms with Crippen LogP contribution in [-0.2, 0) is 10.8 Å². The number of pyridine rings is 1. The number of nitrogens with zero attached hydrogens (tertiary/aromatic N) is 1. The van der Waals surface area contributed by atoms with Crippen LogP contribution in [0.4, 0.5) is 0 Å². The molecule has 4 heteroatoms. The highest BCUT2D eigenvalue weighted by Crippen LogP contribution is 2.18.